The molecule has 10 heavy (non-hydrogen) atoms. The van der Waals surface area contributed by atoms with Gasteiger partial charge in [-0.1, -0.05) is 5.10 Å². The molecule has 0 aliphatic carbocycles. The number of ether oxygens (including phenoxy) is 2. The summed E-state index contributed by atoms with van der Waals surface area (Å²) in [6.07, 6.45) is 1.44. The van der Waals surface area contributed by atoms with Crippen LogP contribution in [0.5, 0.6) is 11.6 Å². The summed E-state index contributed by atoms with van der Waals surface area (Å²) in [7, 11) is 3.01. The second-order valence-electron chi connectivity index (χ2n) is 1.51. The van der Waals surface area contributed by atoms with Gasteiger partial charge in [0.15, 0.2) is 0 Å². The highest BCUT2D eigenvalue weighted by Gasteiger charge is 2.02. The standard InChI is InChI=1S/C5H7N3O2/c1-9-4-3-6-8-7-5(4)10-2/h3H,1-2H3. The lowest BCUT2D eigenvalue weighted by atomic mass is 10.6. The summed E-state index contributed by atoms with van der Waals surface area (Å²) in [6, 6.07) is 0. The van der Waals surface area contributed by atoms with Crippen LogP contribution in [-0.4, -0.2) is 29.6 Å². The van der Waals surface area contributed by atoms with Crippen molar-refractivity contribution in [1.29, 1.82) is 0 Å². The van der Waals surface area contributed by atoms with Crippen LogP contribution in [0.3, 0.4) is 0 Å². The van der Waals surface area contributed by atoms with E-state index in [0.717, 1.165) is 0 Å². The van der Waals surface area contributed by atoms with Gasteiger partial charge in [0, 0.05) is 0 Å². The van der Waals surface area contributed by atoms with Gasteiger partial charge in [0.25, 0.3) is 5.88 Å². The van der Waals surface area contributed by atoms with E-state index in [0.29, 0.717) is 11.6 Å². The molecule has 0 spiro atoms. The van der Waals surface area contributed by atoms with Crippen LogP contribution >= 0.6 is 0 Å². The first-order chi connectivity index (χ1) is 4.88. The lowest BCUT2D eigenvalue weighted by molar-refractivity contribution is 0.334. The predicted octanol–water partition coefficient (Wildman–Crippen LogP) is -0.111. The summed E-state index contributed by atoms with van der Waals surface area (Å²) >= 11 is 0. The Balaban J connectivity index is 2.96. The SMILES string of the molecule is COc1cnnnc1OC. The van der Waals surface area contributed by atoms with Crippen molar-refractivity contribution in [2.45, 2.75) is 0 Å². The smallest absolute Gasteiger partial charge is 0.279 e. The first-order valence-electron chi connectivity index (χ1n) is 2.65. The van der Waals surface area contributed by atoms with Gasteiger partial charge in [0.2, 0.25) is 5.75 Å². The van der Waals surface area contributed by atoms with Crippen LogP contribution < -0.4 is 9.47 Å². The number of hydrogen-bond acceptors (Lipinski definition) is 5. The van der Waals surface area contributed by atoms with Crippen LogP contribution in [0.1, 0.15) is 0 Å². The first kappa shape index (κ1) is 6.73. The number of methoxy groups -OCH3 is 2. The third-order valence-corrected chi connectivity index (χ3v) is 0.986. The zero-order valence-electron chi connectivity index (χ0n) is 5.74. The average molecular weight is 141 g/mol. The molecule has 1 aromatic rings. The van der Waals surface area contributed by atoms with Crippen LogP contribution in [0, 0.1) is 0 Å². The molecule has 0 aromatic carbocycles. The van der Waals surface area contributed by atoms with Gasteiger partial charge in [-0.05, 0) is 5.21 Å². The highest BCUT2D eigenvalue weighted by atomic mass is 16.5. The molecule has 5 nitrogen and oxygen atoms in total. The van der Waals surface area contributed by atoms with E-state index in [9.17, 15) is 0 Å². The molecule has 5 heteroatoms. The van der Waals surface area contributed by atoms with Gasteiger partial charge in [-0.15, -0.1) is 5.10 Å². The fourth-order valence-electron chi connectivity index (χ4n) is 0.531. The first-order valence-corrected chi connectivity index (χ1v) is 2.65. The third kappa shape index (κ3) is 1.12. The van der Waals surface area contributed by atoms with Crippen LogP contribution in [-0.2, 0) is 0 Å². The highest BCUT2D eigenvalue weighted by Crippen LogP contribution is 2.19. The molecule has 0 aliphatic rings. The molecule has 1 heterocycles. The number of nitrogens with zero attached hydrogens (tertiary/aromatic N) is 3. The molecule has 0 saturated carbocycles. The van der Waals surface area contributed by atoms with Gasteiger partial charge in [0.1, 0.15) is 0 Å². The Morgan fingerprint density at radius 3 is 2.60 bits per heavy atom. The van der Waals surface area contributed by atoms with Crippen LogP contribution in [0.15, 0.2) is 6.20 Å². The van der Waals surface area contributed by atoms with Crippen molar-refractivity contribution in [3.05, 3.63) is 6.20 Å². The molecule has 54 valence electrons. The summed E-state index contributed by atoms with van der Waals surface area (Å²) in [5.74, 6) is 0.829. The Kier molecular flexibility index (Phi) is 1.99. The van der Waals surface area contributed by atoms with Gasteiger partial charge in [-0.3, -0.25) is 0 Å². The molecular formula is C5H7N3O2. The zero-order valence-corrected chi connectivity index (χ0v) is 5.74. The molecule has 0 unspecified atom stereocenters. The summed E-state index contributed by atoms with van der Waals surface area (Å²) in [5.41, 5.74) is 0. The van der Waals surface area contributed by atoms with E-state index >= 15 is 0 Å². The fourth-order valence-corrected chi connectivity index (χ4v) is 0.531. The van der Waals surface area contributed by atoms with E-state index in [-0.39, 0.29) is 0 Å². The van der Waals surface area contributed by atoms with Crippen molar-refractivity contribution < 1.29 is 9.47 Å². The lowest BCUT2D eigenvalue weighted by Crippen LogP contribution is -1.96. The quantitative estimate of drug-likeness (QED) is 0.575. The average Bonchev–Trinajstić information content (AvgIpc) is 2.04. The van der Waals surface area contributed by atoms with Crippen molar-refractivity contribution >= 4 is 0 Å². The molecule has 0 saturated heterocycles. The maximum absolute atomic E-state index is 4.85. The van der Waals surface area contributed by atoms with Crippen molar-refractivity contribution in [2.75, 3.05) is 14.2 Å². The number of aromatic nitrogens is 3. The van der Waals surface area contributed by atoms with Gasteiger partial charge in [-0.25, -0.2) is 0 Å². The van der Waals surface area contributed by atoms with Crippen LogP contribution in [0.2, 0.25) is 0 Å². The summed E-state index contributed by atoms with van der Waals surface area (Å²) < 4.78 is 9.64. The minimum Gasteiger partial charge on any atom is -0.490 e. The van der Waals surface area contributed by atoms with Gasteiger partial charge in [0.05, 0.1) is 20.4 Å². The molecule has 0 aliphatic heterocycles. The Labute approximate surface area is 58.0 Å². The summed E-state index contributed by atoms with van der Waals surface area (Å²) in [4.78, 5) is 0. The molecule has 0 radical (unpaired) electrons. The normalized spacial score (nSPS) is 9.00. The summed E-state index contributed by atoms with van der Waals surface area (Å²) in [5, 5.41) is 10.4. The van der Waals surface area contributed by atoms with Crippen molar-refractivity contribution in [3.63, 3.8) is 0 Å². The Morgan fingerprint density at radius 1 is 1.30 bits per heavy atom. The van der Waals surface area contributed by atoms with E-state index in [4.69, 9.17) is 9.47 Å². The Hall–Kier alpha value is -1.39. The Morgan fingerprint density at radius 2 is 2.10 bits per heavy atom. The second-order valence-corrected chi connectivity index (χ2v) is 1.51. The largest absolute Gasteiger partial charge is 0.490 e. The van der Waals surface area contributed by atoms with Crippen LogP contribution in [0.25, 0.3) is 0 Å². The molecule has 0 fully saturated rings. The minimum absolute atomic E-state index is 0.345. The lowest BCUT2D eigenvalue weighted by Gasteiger charge is -2.01. The minimum atomic E-state index is 0.345. The second kappa shape index (κ2) is 2.95. The van der Waals surface area contributed by atoms with Crippen molar-refractivity contribution in [1.82, 2.24) is 15.4 Å². The topological polar surface area (TPSA) is 57.1 Å². The molecule has 1 rings (SSSR count). The molecule has 0 bridgehead atoms. The predicted molar refractivity (Wildman–Crippen MR) is 32.9 cm³/mol. The number of hydrogen-bond donors (Lipinski definition) is 0. The van der Waals surface area contributed by atoms with Gasteiger partial charge in [-0.2, -0.15) is 0 Å². The van der Waals surface area contributed by atoms with E-state index in [1.165, 1.54) is 20.4 Å². The molecular weight excluding hydrogens is 134 g/mol. The maximum atomic E-state index is 4.85. The van der Waals surface area contributed by atoms with E-state index in [2.05, 4.69) is 15.4 Å². The molecule has 0 amide bonds. The summed E-state index contributed by atoms with van der Waals surface area (Å²) in [6.45, 7) is 0. The zero-order chi connectivity index (χ0) is 7.40. The van der Waals surface area contributed by atoms with Crippen LogP contribution in [0.4, 0.5) is 0 Å². The molecule has 1 aromatic heterocycles. The number of rotatable bonds is 2. The monoisotopic (exact) mass is 141 g/mol. The molecule has 0 atom stereocenters. The van der Waals surface area contributed by atoms with Crippen molar-refractivity contribution in [2.24, 2.45) is 0 Å². The third-order valence-electron chi connectivity index (χ3n) is 0.986. The van der Waals surface area contributed by atoms with E-state index < -0.39 is 0 Å². The van der Waals surface area contributed by atoms with Crippen molar-refractivity contribution in [3.8, 4) is 11.6 Å². The van der Waals surface area contributed by atoms with Gasteiger partial charge >= 0.3 is 0 Å². The maximum Gasteiger partial charge on any atom is 0.279 e. The highest BCUT2D eigenvalue weighted by molar-refractivity contribution is 5.27. The van der Waals surface area contributed by atoms with Gasteiger partial charge < -0.3 is 9.47 Å². The Bertz CT molecular complexity index is 193. The van der Waals surface area contributed by atoms with E-state index in [1.807, 2.05) is 0 Å². The van der Waals surface area contributed by atoms with E-state index in [1.54, 1.807) is 0 Å². The molecule has 0 N–H and O–H groups in total. The fraction of sp³-hybridized carbons (Fsp3) is 0.400.